The van der Waals surface area contributed by atoms with E-state index in [1.54, 1.807) is 0 Å². The molecule has 4 rings (SSSR count). The number of para-hydroxylation sites is 2. The van der Waals surface area contributed by atoms with Crippen molar-refractivity contribution in [1.82, 2.24) is 9.55 Å². The van der Waals surface area contributed by atoms with Crippen LogP contribution >= 0.6 is 15.9 Å². The minimum absolute atomic E-state index is 0.262. The van der Waals surface area contributed by atoms with E-state index in [0.29, 0.717) is 12.5 Å². The first-order chi connectivity index (χ1) is 12.7. The normalized spacial score (nSPS) is 16.2. The molecular weight excluding hydrogens is 392 g/mol. The lowest BCUT2D eigenvalue weighted by Crippen LogP contribution is -2.25. The van der Waals surface area contributed by atoms with E-state index in [-0.39, 0.29) is 6.61 Å². The highest BCUT2D eigenvalue weighted by Gasteiger charge is 2.24. The number of nitrogens with zero attached hydrogens (tertiary/aromatic N) is 2. The van der Waals surface area contributed by atoms with Crippen molar-refractivity contribution in [1.29, 1.82) is 0 Å². The lowest BCUT2D eigenvalue weighted by Gasteiger charge is -2.18. The van der Waals surface area contributed by atoms with Gasteiger partial charge in [0.1, 0.15) is 24.3 Å². The van der Waals surface area contributed by atoms with Gasteiger partial charge in [-0.05, 0) is 49.2 Å². The van der Waals surface area contributed by atoms with E-state index in [9.17, 15) is 5.11 Å². The number of hydrogen-bond donors (Lipinski definition) is 1. The molecular formula is C21H23BrN2O2. The molecule has 26 heavy (non-hydrogen) atoms. The van der Waals surface area contributed by atoms with Gasteiger partial charge in [0.2, 0.25) is 0 Å². The second-order valence-corrected chi connectivity index (χ2v) is 7.89. The van der Waals surface area contributed by atoms with Gasteiger partial charge in [0.25, 0.3) is 0 Å². The molecule has 0 radical (unpaired) electrons. The fourth-order valence-electron chi connectivity index (χ4n) is 3.77. The van der Waals surface area contributed by atoms with E-state index in [4.69, 9.17) is 9.72 Å². The number of rotatable bonds is 6. The molecule has 1 unspecified atom stereocenters. The summed E-state index contributed by atoms with van der Waals surface area (Å²) in [5.41, 5.74) is 2.10. The SMILES string of the molecule is OC(COc1ccc(Br)cc1)Cn1c(C2CCCC2)nc2ccccc21. The molecule has 0 saturated heterocycles. The van der Waals surface area contributed by atoms with Crippen LogP contribution in [0.25, 0.3) is 11.0 Å². The van der Waals surface area contributed by atoms with Crippen molar-refractivity contribution in [2.45, 2.75) is 44.2 Å². The predicted octanol–water partition coefficient (Wildman–Crippen LogP) is 4.90. The van der Waals surface area contributed by atoms with Crippen molar-refractivity contribution in [3.8, 4) is 5.75 Å². The molecule has 1 aromatic heterocycles. The van der Waals surface area contributed by atoms with E-state index >= 15 is 0 Å². The Kier molecular flexibility index (Phi) is 5.27. The lowest BCUT2D eigenvalue weighted by molar-refractivity contribution is 0.0924. The quantitative estimate of drug-likeness (QED) is 0.623. The molecule has 0 amide bonds. The van der Waals surface area contributed by atoms with E-state index in [1.165, 1.54) is 25.7 Å². The molecule has 4 nitrogen and oxygen atoms in total. The fourth-order valence-corrected chi connectivity index (χ4v) is 4.03. The summed E-state index contributed by atoms with van der Waals surface area (Å²) in [5, 5.41) is 10.6. The Morgan fingerprint density at radius 1 is 1.12 bits per heavy atom. The standard InChI is InChI=1S/C21H23BrN2O2/c22-16-9-11-18(12-10-16)26-14-17(25)13-24-20-8-4-3-7-19(20)23-21(24)15-5-1-2-6-15/h3-4,7-12,15,17,25H,1-2,5-6,13-14H2. The van der Waals surface area contributed by atoms with Crippen LogP contribution in [0.1, 0.15) is 37.4 Å². The summed E-state index contributed by atoms with van der Waals surface area (Å²) in [6.07, 6.45) is 4.33. The minimum atomic E-state index is -0.587. The molecule has 0 bridgehead atoms. The van der Waals surface area contributed by atoms with Crippen LogP contribution in [0.2, 0.25) is 0 Å². The third kappa shape index (κ3) is 3.79. The Bertz CT molecular complexity index is 869. The van der Waals surface area contributed by atoms with Crippen LogP contribution in [0.4, 0.5) is 0 Å². The van der Waals surface area contributed by atoms with E-state index in [2.05, 4.69) is 32.6 Å². The summed E-state index contributed by atoms with van der Waals surface area (Å²) in [4.78, 5) is 4.88. The van der Waals surface area contributed by atoms with Crippen LogP contribution in [-0.4, -0.2) is 27.4 Å². The zero-order valence-electron chi connectivity index (χ0n) is 14.6. The van der Waals surface area contributed by atoms with Gasteiger partial charge >= 0.3 is 0 Å². The molecule has 1 aliphatic carbocycles. The molecule has 1 aliphatic rings. The van der Waals surface area contributed by atoms with Crippen LogP contribution in [0, 0.1) is 0 Å². The summed E-state index contributed by atoms with van der Waals surface area (Å²) in [6.45, 7) is 0.765. The molecule has 1 heterocycles. The Balaban J connectivity index is 1.51. The van der Waals surface area contributed by atoms with Gasteiger partial charge in [0.05, 0.1) is 17.6 Å². The van der Waals surface area contributed by atoms with Crippen LogP contribution in [-0.2, 0) is 6.54 Å². The van der Waals surface area contributed by atoms with Crippen molar-refractivity contribution >= 4 is 27.0 Å². The lowest BCUT2D eigenvalue weighted by atomic mass is 10.1. The number of imidazole rings is 1. The monoisotopic (exact) mass is 414 g/mol. The smallest absolute Gasteiger partial charge is 0.119 e. The topological polar surface area (TPSA) is 47.3 Å². The summed E-state index contributed by atoms with van der Waals surface area (Å²) < 4.78 is 8.95. The Morgan fingerprint density at radius 2 is 1.85 bits per heavy atom. The largest absolute Gasteiger partial charge is 0.491 e. The first kappa shape index (κ1) is 17.6. The third-order valence-corrected chi connectivity index (χ3v) is 5.58. The highest BCUT2D eigenvalue weighted by atomic mass is 79.9. The van der Waals surface area contributed by atoms with E-state index in [1.807, 2.05) is 36.4 Å². The zero-order chi connectivity index (χ0) is 17.9. The van der Waals surface area contributed by atoms with E-state index < -0.39 is 6.10 Å². The highest BCUT2D eigenvalue weighted by Crippen LogP contribution is 2.35. The molecule has 1 saturated carbocycles. The second-order valence-electron chi connectivity index (χ2n) is 6.97. The second kappa shape index (κ2) is 7.80. The number of benzene rings is 2. The van der Waals surface area contributed by atoms with Gasteiger partial charge in [-0.3, -0.25) is 0 Å². The Morgan fingerprint density at radius 3 is 2.62 bits per heavy atom. The number of aliphatic hydroxyl groups excluding tert-OH is 1. The van der Waals surface area contributed by atoms with Crippen molar-refractivity contribution in [2.24, 2.45) is 0 Å². The molecule has 1 N–H and O–H groups in total. The number of aromatic nitrogens is 2. The Labute approximate surface area is 161 Å². The molecule has 136 valence electrons. The number of aliphatic hydroxyl groups is 1. The van der Waals surface area contributed by atoms with Gasteiger partial charge in [0, 0.05) is 10.4 Å². The van der Waals surface area contributed by atoms with Crippen LogP contribution in [0.3, 0.4) is 0 Å². The molecule has 5 heteroatoms. The predicted molar refractivity (Wildman–Crippen MR) is 107 cm³/mol. The number of halogens is 1. The minimum Gasteiger partial charge on any atom is -0.491 e. The first-order valence-electron chi connectivity index (χ1n) is 9.22. The van der Waals surface area contributed by atoms with Crippen molar-refractivity contribution in [3.05, 3.63) is 58.8 Å². The average molecular weight is 415 g/mol. The number of ether oxygens (including phenoxy) is 1. The maximum absolute atomic E-state index is 10.6. The van der Waals surface area contributed by atoms with E-state index in [0.717, 1.165) is 27.1 Å². The molecule has 2 aromatic carbocycles. The van der Waals surface area contributed by atoms with Gasteiger partial charge in [-0.15, -0.1) is 0 Å². The molecule has 1 fully saturated rings. The fraction of sp³-hybridized carbons (Fsp3) is 0.381. The van der Waals surface area contributed by atoms with Crippen LogP contribution in [0.5, 0.6) is 5.75 Å². The highest BCUT2D eigenvalue weighted by molar-refractivity contribution is 9.10. The van der Waals surface area contributed by atoms with Gasteiger partial charge < -0.3 is 14.4 Å². The summed E-state index contributed by atoms with van der Waals surface area (Å²) >= 11 is 3.41. The summed E-state index contributed by atoms with van der Waals surface area (Å²) in [5.74, 6) is 2.38. The first-order valence-corrected chi connectivity index (χ1v) is 10.0. The number of fused-ring (bicyclic) bond motifs is 1. The molecule has 1 atom stereocenters. The number of hydrogen-bond acceptors (Lipinski definition) is 3. The van der Waals surface area contributed by atoms with Crippen molar-refractivity contribution < 1.29 is 9.84 Å². The van der Waals surface area contributed by atoms with Gasteiger partial charge in [-0.1, -0.05) is 40.9 Å². The van der Waals surface area contributed by atoms with Crippen molar-refractivity contribution in [2.75, 3.05) is 6.61 Å². The van der Waals surface area contributed by atoms with Crippen LogP contribution in [0.15, 0.2) is 53.0 Å². The summed E-state index contributed by atoms with van der Waals surface area (Å²) in [7, 11) is 0. The Hall–Kier alpha value is -1.85. The van der Waals surface area contributed by atoms with Crippen LogP contribution < -0.4 is 4.74 Å². The van der Waals surface area contributed by atoms with Crippen molar-refractivity contribution in [3.63, 3.8) is 0 Å². The molecule has 3 aromatic rings. The summed E-state index contributed by atoms with van der Waals surface area (Å²) in [6, 6.07) is 15.8. The molecule has 0 aliphatic heterocycles. The van der Waals surface area contributed by atoms with Gasteiger partial charge in [0.15, 0.2) is 0 Å². The zero-order valence-corrected chi connectivity index (χ0v) is 16.2. The maximum Gasteiger partial charge on any atom is 0.119 e. The van der Waals surface area contributed by atoms with Gasteiger partial charge in [-0.2, -0.15) is 0 Å². The average Bonchev–Trinajstić information content (AvgIpc) is 3.30. The third-order valence-electron chi connectivity index (χ3n) is 5.05. The maximum atomic E-state index is 10.6. The van der Waals surface area contributed by atoms with Gasteiger partial charge in [-0.25, -0.2) is 4.98 Å². The molecule has 0 spiro atoms.